The quantitative estimate of drug-likeness (QED) is 0.183. The molecule has 0 bridgehead atoms. The van der Waals surface area contributed by atoms with Gasteiger partial charge in [0.05, 0.1) is 26.4 Å². The molecule has 0 aliphatic carbocycles. The Morgan fingerprint density at radius 3 is 1.07 bits per heavy atom. The van der Waals surface area contributed by atoms with Gasteiger partial charge in [-0.25, -0.2) is 24.0 Å². The van der Waals surface area contributed by atoms with Gasteiger partial charge < -0.3 is 43.0 Å². The highest BCUT2D eigenvalue weighted by atomic mass is 16.7. The molecule has 0 saturated carbocycles. The molecule has 4 rings (SSSR count). The molecule has 15 nitrogen and oxygen atoms in total. The zero-order chi connectivity index (χ0) is 28.8. The van der Waals surface area contributed by atoms with E-state index in [1.54, 1.807) is 0 Å². The lowest BCUT2D eigenvalue weighted by Gasteiger charge is -2.16. The Hall–Kier alpha value is -3.92. The summed E-state index contributed by atoms with van der Waals surface area (Å²) < 4.78 is 43.2. The number of aliphatic carboxylic acids is 1. The third-order valence-electron chi connectivity index (χ3n) is 6.17. The summed E-state index contributed by atoms with van der Waals surface area (Å²) in [5, 5.41) is 8.58. The Morgan fingerprint density at radius 1 is 0.525 bits per heavy atom. The Labute approximate surface area is 226 Å². The molecule has 1 N–H and O–H groups in total. The molecule has 4 saturated heterocycles. The molecule has 0 unspecified atom stereocenters. The first-order valence-electron chi connectivity index (χ1n) is 12.2. The van der Waals surface area contributed by atoms with Crippen LogP contribution in [0.5, 0.6) is 0 Å². The second-order valence-corrected chi connectivity index (χ2v) is 9.04. The predicted octanol–water partition coefficient (Wildman–Crippen LogP) is -1.43. The average Bonchev–Trinajstić information content (AvgIpc) is 3.66. The van der Waals surface area contributed by atoms with E-state index in [0.717, 1.165) is 30.4 Å². The molecule has 4 heterocycles. The number of hydrogen-bond acceptors (Lipinski definition) is 14. The highest BCUT2D eigenvalue weighted by Gasteiger charge is 2.52. The molecule has 8 atom stereocenters. The van der Waals surface area contributed by atoms with Gasteiger partial charge in [0.2, 0.25) is 0 Å². The number of carboxylic acids is 1. The number of fused-ring (bicyclic) bond motifs is 2. The highest BCUT2D eigenvalue weighted by molar-refractivity contribution is 5.94. The number of carbonyl (C=O) groups excluding carboxylic acids is 5. The zero-order valence-corrected chi connectivity index (χ0v) is 21.1. The van der Waals surface area contributed by atoms with Gasteiger partial charge in [-0.1, -0.05) is 0 Å². The fourth-order valence-electron chi connectivity index (χ4n) is 4.48. The SMILES string of the molecule is CC(=O)C=CC(=O)O[C@H]1CO[C@H]2[C@@H]1OC[C@@H]2OC(=O)C=CC(=O)O[C@H]1CO[C@H]2[C@@H]1OC[C@@H]2OC(=O)C=CC(=O)O. The normalized spacial score (nSPS) is 32.7. The van der Waals surface area contributed by atoms with Crippen LogP contribution in [0.4, 0.5) is 0 Å². The van der Waals surface area contributed by atoms with Crippen LogP contribution >= 0.6 is 0 Å². The Bertz CT molecular complexity index is 1040. The van der Waals surface area contributed by atoms with E-state index in [0.29, 0.717) is 6.08 Å². The van der Waals surface area contributed by atoms with Gasteiger partial charge in [0.1, 0.15) is 24.4 Å². The van der Waals surface area contributed by atoms with Crippen LogP contribution in [0.3, 0.4) is 0 Å². The van der Waals surface area contributed by atoms with Crippen LogP contribution in [0.15, 0.2) is 36.5 Å². The number of hydrogen-bond donors (Lipinski definition) is 1. The fourth-order valence-corrected chi connectivity index (χ4v) is 4.48. The van der Waals surface area contributed by atoms with Crippen molar-refractivity contribution in [3.05, 3.63) is 36.5 Å². The number of ketones is 1. The summed E-state index contributed by atoms with van der Waals surface area (Å²) in [6.45, 7) is 1.19. The van der Waals surface area contributed by atoms with Crippen molar-refractivity contribution < 1.29 is 71.8 Å². The fraction of sp³-hybridized carbons (Fsp3) is 0.520. The maximum atomic E-state index is 12.3. The van der Waals surface area contributed by atoms with Crippen molar-refractivity contribution >= 4 is 35.6 Å². The first kappa shape index (κ1) is 29.1. The van der Waals surface area contributed by atoms with E-state index in [-0.39, 0.29) is 32.2 Å². The van der Waals surface area contributed by atoms with E-state index in [4.69, 9.17) is 43.0 Å². The Morgan fingerprint density at radius 2 is 0.800 bits per heavy atom. The monoisotopic (exact) mass is 566 g/mol. The predicted molar refractivity (Wildman–Crippen MR) is 124 cm³/mol. The van der Waals surface area contributed by atoms with Gasteiger partial charge in [-0.3, -0.25) is 4.79 Å². The summed E-state index contributed by atoms with van der Waals surface area (Å²) in [7, 11) is 0. The van der Waals surface area contributed by atoms with Gasteiger partial charge in [-0.15, -0.1) is 0 Å². The van der Waals surface area contributed by atoms with Crippen molar-refractivity contribution in [2.75, 3.05) is 26.4 Å². The van der Waals surface area contributed by atoms with Gasteiger partial charge >= 0.3 is 29.8 Å². The smallest absolute Gasteiger partial charge is 0.331 e. The summed E-state index contributed by atoms with van der Waals surface area (Å²) in [6.07, 6.45) is -0.804. The molecule has 4 fully saturated rings. The van der Waals surface area contributed by atoms with Crippen molar-refractivity contribution in [2.24, 2.45) is 0 Å². The van der Waals surface area contributed by atoms with Crippen LogP contribution in [0.2, 0.25) is 0 Å². The van der Waals surface area contributed by atoms with E-state index >= 15 is 0 Å². The highest BCUT2D eigenvalue weighted by Crippen LogP contribution is 2.32. The molecule has 4 aliphatic rings. The maximum absolute atomic E-state index is 12.3. The van der Waals surface area contributed by atoms with Crippen molar-refractivity contribution in [3.8, 4) is 0 Å². The van der Waals surface area contributed by atoms with Crippen LogP contribution in [0, 0.1) is 0 Å². The molecule has 0 spiro atoms. The van der Waals surface area contributed by atoms with E-state index in [2.05, 4.69) is 0 Å². The molecule has 0 aromatic carbocycles. The second kappa shape index (κ2) is 13.0. The number of ether oxygens (including phenoxy) is 8. The molecule has 0 radical (unpaired) electrons. The summed E-state index contributed by atoms with van der Waals surface area (Å²) in [5.74, 6) is -4.98. The van der Waals surface area contributed by atoms with E-state index < -0.39 is 78.7 Å². The largest absolute Gasteiger partial charge is 0.478 e. The number of allylic oxidation sites excluding steroid dienone is 1. The Kier molecular flexibility index (Phi) is 9.42. The average molecular weight is 566 g/mol. The van der Waals surface area contributed by atoms with Crippen LogP contribution in [-0.4, -0.2) is 116 Å². The molecule has 15 heteroatoms. The summed E-state index contributed by atoms with van der Waals surface area (Å²) in [6, 6.07) is 0. The molecule has 4 aliphatic heterocycles. The van der Waals surface area contributed by atoms with Gasteiger partial charge in [0.15, 0.2) is 30.2 Å². The summed E-state index contributed by atoms with van der Waals surface area (Å²) >= 11 is 0. The number of carbonyl (C=O) groups is 6. The van der Waals surface area contributed by atoms with Crippen molar-refractivity contribution in [2.45, 2.75) is 55.8 Å². The standard InChI is InChI=1S/C25H26O15/c1-12(26)2-4-18(29)37-13-8-33-24-15(10-35-22(13)24)39-20(31)6-7-21(32)40-16-11-36-23-14(9-34-25(16)23)38-19(30)5-3-17(27)28/h2-7,13-16,22-25H,8-11H2,1H3,(H,27,28)/t13-,14-,15-,16-,22+,23+,24+,25+/m0/s1. The molecule has 40 heavy (non-hydrogen) atoms. The van der Waals surface area contributed by atoms with Gasteiger partial charge in [-0.2, -0.15) is 0 Å². The van der Waals surface area contributed by atoms with Crippen molar-refractivity contribution in [1.82, 2.24) is 0 Å². The van der Waals surface area contributed by atoms with E-state index in [9.17, 15) is 28.8 Å². The van der Waals surface area contributed by atoms with Crippen molar-refractivity contribution in [3.63, 3.8) is 0 Å². The lowest BCUT2D eigenvalue weighted by molar-refractivity contribution is -0.152. The minimum atomic E-state index is -1.31. The van der Waals surface area contributed by atoms with Gasteiger partial charge in [0.25, 0.3) is 0 Å². The van der Waals surface area contributed by atoms with Crippen molar-refractivity contribution in [1.29, 1.82) is 0 Å². The van der Waals surface area contributed by atoms with Crippen LogP contribution in [0.25, 0.3) is 0 Å². The molecule has 216 valence electrons. The molecular formula is C25H26O15. The summed E-state index contributed by atoms with van der Waals surface area (Å²) in [5.41, 5.74) is 0. The minimum absolute atomic E-state index is 0.0119. The third-order valence-corrected chi connectivity index (χ3v) is 6.17. The topological polar surface area (TPSA) is 196 Å². The minimum Gasteiger partial charge on any atom is -0.478 e. The van der Waals surface area contributed by atoms with Gasteiger partial charge in [-0.05, 0) is 13.0 Å². The third kappa shape index (κ3) is 7.38. The maximum Gasteiger partial charge on any atom is 0.331 e. The molecule has 0 aromatic rings. The van der Waals surface area contributed by atoms with Crippen LogP contribution in [-0.2, 0) is 66.7 Å². The number of rotatable bonds is 10. The lowest BCUT2D eigenvalue weighted by Crippen LogP contribution is -2.36. The Balaban J connectivity index is 1.20. The first-order chi connectivity index (χ1) is 19.1. The van der Waals surface area contributed by atoms with Gasteiger partial charge in [0, 0.05) is 30.4 Å². The number of esters is 4. The number of carboxylic acid groups (broad SMARTS) is 1. The zero-order valence-electron chi connectivity index (χ0n) is 21.1. The summed E-state index contributed by atoms with van der Waals surface area (Å²) in [4.78, 5) is 69.5. The second-order valence-electron chi connectivity index (χ2n) is 9.04. The lowest BCUT2D eigenvalue weighted by atomic mass is 10.1. The van der Waals surface area contributed by atoms with E-state index in [1.807, 2.05) is 0 Å². The molecule has 0 aromatic heterocycles. The van der Waals surface area contributed by atoms with E-state index in [1.165, 1.54) is 6.92 Å². The first-order valence-corrected chi connectivity index (χ1v) is 12.2. The van der Waals surface area contributed by atoms with Crippen LogP contribution < -0.4 is 0 Å². The molecular weight excluding hydrogens is 540 g/mol. The van der Waals surface area contributed by atoms with Crippen LogP contribution in [0.1, 0.15) is 6.92 Å². The molecule has 0 amide bonds.